The number of nitrogens with two attached hydrogens (primary N) is 1. The minimum Gasteiger partial charge on any atom is -0.464 e. The van der Waals surface area contributed by atoms with E-state index >= 15 is 0 Å². The number of ether oxygens (including phenoxy) is 1. The van der Waals surface area contributed by atoms with Gasteiger partial charge in [0, 0.05) is 6.42 Å². The number of rotatable bonds is 6. The summed E-state index contributed by atoms with van der Waals surface area (Å²) in [5.41, 5.74) is 2.05. The SMILES string of the molecule is CCOC(=O)C(O)(CC(=O)Cc1cccc(C)c1)C(F)(F)F.CN. The van der Waals surface area contributed by atoms with E-state index in [1.54, 1.807) is 31.2 Å². The van der Waals surface area contributed by atoms with Gasteiger partial charge in [0.15, 0.2) is 0 Å². The Hall–Kier alpha value is -1.93. The Balaban J connectivity index is 0.00000254. The van der Waals surface area contributed by atoms with Gasteiger partial charge in [-0.3, -0.25) is 4.79 Å². The topological polar surface area (TPSA) is 89.6 Å². The minimum absolute atomic E-state index is 0.306. The Labute approximate surface area is 138 Å². The van der Waals surface area contributed by atoms with Gasteiger partial charge in [-0.2, -0.15) is 13.2 Å². The molecular weight excluding hydrogens is 327 g/mol. The fourth-order valence-corrected chi connectivity index (χ4v) is 1.94. The molecule has 0 aromatic heterocycles. The molecule has 1 unspecified atom stereocenters. The first-order valence-electron chi connectivity index (χ1n) is 7.21. The van der Waals surface area contributed by atoms with Crippen LogP contribution in [0, 0.1) is 6.92 Å². The summed E-state index contributed by atoms with van der Waals surface area (Å²) in [7, 11) is 1.50. The molecule has 1 aromatic carbocycles. The van der Waals surface area contributed by atoms with E-state index in [0.717, 1.165) is 5.56 Å². The number of hydrogen-bond acceptors (Lipinski definition) is 5. The van der Waals surface area contributed by atoms with E-state index in [1.807, 2.05) is 0 Å². The van der Waals surface area contributed by atoms with Crippen molar-refractivity contribution >= 4 is 11.8 Å². The molecule has 0 aliphatic heterocycles. The third kappa shape index (κ3) is 5.93. The zero-order valence-electron chi connectivity index (χ0n) is 13.8. The molecule has 8 heteroatoms. The average molecular weight is 349 g/mol. The molecule has 0 heterocycles. The fourth-order valence-electron chi connectivity index (χ4n) is 1.94. The second-order valence-corrected chi connectivity index (χ2v) is 4.96. The third-order valence-corrected chi connectivity index (χ3v) is 3.02. The summed E-state index contributed by atoms with van der Waals surface area (Å²) in [6, 6.07) is 6.68. The standard InChI is InChI=1S/C15H17F3O4.CH5N/c1-3-22-13(20)14(21,15(16,17)18)9-12(19)8-11-6-4-5-10(2)7-11;1-2/h4-7,21H,3,8-9H2,1-2H3;2H2,1H3. The number of alkyl halides is 3. The number of Topliss-reactive ketones (excluding diaryl/α,β-unsaturated/α-hetero) is 1. The summed E-state index contributed by atoms with van der Waals surface area (Å²) in [6.45, 7) is 2.76. The number of hydrogen-bond donors (Lipinski definition) is 2. The molecule has 0 radical (unpaired) electrons. The van der Waals surface area contributed by atoms with Gasteiger partial charge in [-0.05, 0) is 26.5 Å². The molecule has 1 aromatic rings. The molecule has 1 atom stereocenters. The normalized spacial score (nSPS) is 13.3. The number of carbonyl (C=O) groups is 2. The van der Waals surface area contributed by atoms with Crippen molar-refractivity contribution in [1.29, 1.82) is 0 Å². The summed E-state index contributed by atoms with van der Waals surface area (Å²) < 4.78 is 43.1. The molecule has 24 heavy (non-hydrogen) atoms. The number of halogens is 3. The number of esters is 1. The molecule has 5 nitrogen and oxygen atoms in total. The van der Waals surface area contributed by atoms with Crippen LogP contribution in [0.2, 0.25) is 0 Å². The van der Waals surface area contributed by atoms with Crippen LogP contribution in [0.15, 0.2) is 24.3 Å². The van der Waals surface area contributed by atoms with Crippen molar-refractivity contribution in [3.63, 3.8) is 0 Å². The van der Waals surface area contributed by atoms with Gasteiger partial charge >= 0.3 is 12.1 Å². The first-order valence-corrected chi connectivity index (χ1v) is 7.21. The summed E-state index contributed by atoms with van der Waals surface area (Å²) in [6.07, 6.45) is -6.97. The van der Waals surface area contributed by atoms with Crippen LogP contribution in [0.4, 0.5) is 13.2 Å². The Kier molecular flexibility index (Phi) is 8.63. The first-order chi connectivity index (χ1) is 11.1. The highest BCUT2D eigenvalue weighted by atomic mass is 19.4. The lowest BCUT2D eigenvalue weighted by Crippen LogP contribution is -2.54. The zero-order valence-corrected chi connectivity index (χ0v) is 13.8. The lowest BCUT2D eigenvalue weighted by Gasteiger charge is -2.27. The zero-order chi connectivity index (χ0) is 19.0. The van der Waals surface area contributed by atoms with E-state index in [1.165, 1.54) is 14.0 Å². The van der Waals surface area contributed by atoms with Crippen LogP contribution in [0.25, 0.3) is 0 Å². The van der Waals surface area contributed by atoms with Gasteiger partial charge in [-0.15, -0.1) is 0 Å². The third-order valence-electron chi connectivity index (χ3n) is 3.02. The molecule has 0 aliphatic rings. The van der Waals surface area contributed by atoms with Crippen molar-refractivity contribution in [1.82, 2.24) is 0 Å². The molecular formula is C16H22F3NO4. The number of aliphatic hydroxyl groups is 1. The number of aryl methyl sites for hydroxylation is 1. The van der Waals surface area contributed by atoms with Gasteiger partial charge in [-0.25, -0.2) is 4.79 Å². The summed E-state index contributed by atoms with van der Waals surface area (Å²) >= 11 is 0. The van der Waals surface area contributed by atoms with E-state index in [-0.39, 0.29) is 13.0 Å². The predicted molar refractivity (Wildman–Crippen MR) is 82.3 cm³/mol. The maximum atomic E-state index is 12.9. The highest BCUT2D eigenvalue weighted by Crippen LogP contribution is 2.35. The van der Waals surface area contributed by atoms with Crippen LogP contribution in [-0.2, 0) is 20.7 Å². The van der Waals surface area contributed by atoms with E-state index < -0.39 is 30.0 Å². The number of benzene rings is 1. The van der Waals surface area contributed by atoms with Crippen LogP contribution in [0.1, 0.15) is 24.5 Å². The van der Waals surface area contributed by atoms with E-state index in [4.69, 9.17) is 0 Å². The largest absolute Gasteiger partial charge is 0.464 e. The molecule has 0 aliphatic carbocycles. The Morgan fingerprint density at radius 2 is 1.83 bits per heavy atom. The van der Waals surface area contributed by atoms with Crippen LogP contribution < -0.4 is 5.73 Å². The molecule has 0 saturated carbocycles. The van der Waals surface area contributed by atoms with Crippen molar-refractivity contribution in [2.24, 2.45) is 5.73 Å². The summed E-state index contributed by atoms with van der Waals surface area (Å²) in [5.74, 6) is -2.77. The highest BCUT2D eigenvalue weighted by Gasteiger charge is 2.61. The number of ketones is 1. The molecule has 136 valence electrons. The van der Waals surface area contributed by atoms with Gasteiger partial charge in [0.2, 0.25) is 0 Å². The molecule has 0 amide bonds. The second kappa shape index (κ2) is 9.39. The van der Waals surface area contributed by atoms with E-state index in [2.05, 4.69) is 10.5 Å². The fraction of sp³-hybridized carbons (Fsp3) is 0.500. The van der Waals surface area contributed by atoms with Crippen molar-refractivity contribution in [3.8, 4) is 0 Å². The average Bonchev–Trinajstić information content (AvgIpc) is 2.48. The van der Waals surface area contributed by atoms with Gasteiger partial charge < -0.3 is 15.6 Å². The van der Waals surface area contributed by atoms with Crippen molar-refractivity contribution in [3.05, 3.63) is 35.4 Å². The first kappa shape index (κ1) is 22.1. The molecule has 0 fully saturated rings. The lowest BCUT2D eigenvalue weighted by molar-refractivity contribution is -0.263. The maximum absolute atomic E-state index is 12.9. The van der Waals surface area contributed by atoms with Crippen LogP contribution in [0.3, 0.4) is 0 Å². The van der Waals surface area contributed by atoms with Crippen LogP contribution in [-0.4, -0.2) is 42.3 Å². The molecule has 0 saturated heterocycles. The smallest absolute Gasteiger partial charge is 0.428 e. The monoisotopic (exact) mass is 349 g/mol. The molecule has 3 N–H and O–H groups in total. The van der Waals surface area contributed by atoms with E-state index in [0.29, 0.717) is 5.56 Å². The molecule has 1 rings (SSSR count). The lowest BCUT2D eigenvalue weighted by atomic mass is 9.93. The van der Waals surface area contributed by atoms with Crippen molar-refractivity contribution in [2.45, 2.75) is 38.5 Å². The Morgan fingerprint density at radius 3 is 2.29 bits per heavy atom. The van der Waals surface area contributed by atoms with Crippen LogP contribution in [0.5, 0.6) is 0 Å². The van der Waals surface area contributed by atoms with Gasteiger partial charge in [-0.1, -0.05) is 29.8 Å². The molecule has 0 bridgehead atoms. The maximum Gasteiger partial charge on any atom is 0.428 e. The second-order valence-electron chi connectivity index (χ2n) is 4.96. The minimum atomic E-state index is -5.29. The Morgan fingerprint density at radius 1 is 1.25 bits per heavy atom. The summed E-state index contributed by atoms with van der Waals surface area (Å²) in [4.78, 5) is 23.2. The van der Waals surface area contributed by atoms with Gasteiger partial charge in [0.1, 0.15) is 5.78 Å². The predicted octanol–water partition coefficient (Wildman–Crippen LogP) is 1.93. The highest BCUT2D eigenvalue weighted by molar-refractivity contribution is 5.90. The van der Waals surface area contributed by atoms with Crippen molar-refractivity contribution < 1.29 is 32.6 Å². The van der Waals surface area contributed by atoms with Crippen LogP contribution >= 0.6 is 0 Å². The quantitative estimate of drug-likeness (QED) is 0.766. The van der Waals surface area contributed by atoms with Crippen molar-refractivity contribution in [2.75, 3.05) is 13.7 Å². The molecule has 0 spiro atoms. The Bertz CT molecular complexity index is 560. The number of carbonyl (C=O) groups excluding carboxylic acids is 2. The van der Waals surface area contributed by atoms with Gasteiger partial charge in [0.05, 0.1) is 13.0 Å². The van der Waals surface area contributed by atoms with Gasteiger partial charge in [0.25, 0.3) is 5.60 Å². The summed E-state index contributed by atoms with van der Waals surface area (Å²) in [5, 5.41) is 9.63. The van der Waals surface area contributed by atoms with E-state index in [9.17, 15) is 27.9 Å².